The fourth-order valence-corrected chi connectivity index (χ4v) is 1.36. The average molecular weight is 187 g/mol. The lowest BCUT2D eigenvalue weighted by Gasteiger charge is -2.13. The smallest absolute Gasteiger partial charge is 0.0512 e. The number of unbranched alkanes of at least 4 members (excludes halogenated alkanes) is 1. The van der Waals surface area contributed by atoms with Crippen molar-refractivity contribution in [2.45, 2.75) is 65.0 Å². The van der Waals surface area contributed by atoms with Crippen LogP contribution in [-0.2, 0) is 0 Å². The van der Waals surface area contributed by atoms with Gasteiger partial charge in [-0.25, -0.2) is 0 Å². The summed E-state index contributed by atoms with van der Waals surface area (Å²) >= 11 is 0. The number of rotatable bonds is 8. The van der Waals surface area contributed by atoms with Crippen molar-refractivity contribution in [1.29, 1.82) is 0 Å². The minimum atomic E-state index is -0.146. The largest absolute Gasteiger partial charge is 0.393 e. The number of hydrogen-bond acceptors (Lipinski definition) is 2. The van der Waals surface area contributed by atoms with Crippen LogP contribution in [-0.4, -0.2) is 23.8 Å². The molecule has 0 saturated heterocycles. The van der Waals surface area contributed by atoms with Crippen LogP contribution in [0.2, 0.25) is 0 Å². The highest BCUT2D eigenvalue weighted by Crippen LogP contribution is 2.00. The van der Waals surface area contributed by atoms with Gasteiger partial charge < -0.3 is 10.4 Å². The van der Waals surface area contributed by atoms with Gasteiger partial charge in [-0.1, -0.05) is 19.8 Å². The van der Waals surface area contributed by atoms with Crippen molar-refractivity contribution in [3.05, 3.63) is 0 Å². The van der Waals surface area contributed by atoms with Crippen LogP contribution in [0, 0.1) is 0 Å². The molecule has 0 spiro atoms. The summed E-state index contributed by atoms with van der Waals surface area (Å²) in [6, 6.07) is 0.633. The van der Waals surface area contributed by atoms with E-state index >= 15 is 0 Å². The molecule has 0 saturated carbocycles. The maximum atomic E-state index is 9.03. The van der Waals surface area contributed by atoms with Gasteiger partial charge >= 0.3 is 0 Å². The zero-order valence-corrected chi connectivity index (χ0v) is 9.34. The van der Waals surface area contributed by atoms with Gasteiger partial charge in [-0.15, -0.1) is 0 Å². The van der Waals surface area contributed by atoms with E-state index in [9.17, 15) is 0 Å². The molecular weight excluding hydrogens is 162 g/mol. The predicted molar refractivity (Wildman–Crippen MR) is 57.9 cm³/mol. The van der Waals surface area contributed by atoms with Gasteiger partial charge in [0.25, 0.3) is 0 Å². The number of nitrogens with one attached hydrogen (secondary N) is 1. The minimum absolute atomic E-state index is 0.146. The van der Waals surface area contributed by atoms with Gasteiger partial charge in [-0.05, 0) is 39.7 Å². The Labute approximate surface area is 82.7 Å². The molecule has 80 valence electrons. The van der Waals surface area contributed by atoms with E-state index in [0.717, 1.165) is 19.4 Å². The number of aliphatic hydroxyl groups is 1. The fourth-order valence-electron chi connectivity index (χ4n) is 1.36. The highest BCUT2D eigenvalue weighted by molar-refractivity contribution is 4.60. The van der Waals surface area contributed by atoms with E-state index in [4.69, 9.17) is 5.11 Å². The zero-order valence-electron chi connectivity index (χ0n) is 9.34. The van der Waals surface area contributed by atoms with E-state index in [1.807, 2.05) is 6.92 Å². The fraction of sp³-hybridized carbons (Fsp3) is 1.00. The second kappa shape index (κ2) is 8.52. The third-order valence-electron chi connectivity index (χ3n) is 2.28. The molecule has 2 heteroatoms. The van der Waals surface area contributed by atoms with E-state index < -0.39 is 0 Å². The van der Waals surface area contributed by atoms with E-state index in [1.54, 1.807) is 0 Å². The van der Waals surface area contributed by atoms with E-state index in [0.29, 0.717) is 6.04 Å². The Hall–Kier alpha value is -0.0800. The van der Waals surface area contributed by atoms with Gasteiger partial charge in [0.1, 0.15) is 0 Å². The summed E-state index contributed by atoms with van der Waals surface area (Å²) in [6.45, 7) is 7.34. The van der Waals surface area contributed by atoms with Crippen molar-refractivity contribution in [3.63, 3.8) is 0 Å². The number of hydrogen-bond donors (Lipinski definition) is 2. The monoisotopic (exact) mass is 187 g/mol. The Bertz CT molecular complexity index is 104. The quantitative estimate of drug-likeness (QED) is 0.572. The molecule has 0 heterocycles. The third kappa shape index (κ3) is 9.84. The van der Waals surface area contributed by atoms with E-state index in [2.05, 4.69) is 19.2 Å². The summed E-state index contributed by atoms with van der Waals surface area (Å²) < 4.78 is 0. The van der Waals surface area contributed by atoms with E-state index in [1.165, 1.54) is 19.3 Å². The highest BCUT2D eigenvalue weighted by atomic mass is 16.3. The van der Waals surface area contributed by atoms with Crippen LogP contribution in [0.4, 0.5) is 0 Å². The zero-order chi connectivity index (χ0) is 10.1. The van der Waals surface area contributed by atoms with Crippen LogP contribution in [0.25, 0.3) is 0 Å². The van der Waals surface area contributed by atoms with Crippen LogP contribution < -0.4 is 5.32 Å². The first kappa shape index (κ1) is 12.9. The lowest BCUT2D eigenvalue weighted by atomic mass is 10.1. The Balaban J connectivity index is 3.12. The molecule has 2 atom stereocenters. The first-order valence-corrected chi connectivity index (χ1v) is 5.58. The maximum Gasteiger partial charge on any atom is 0.0512 e. The van der Waals surface area contributed by atoms with Crippen molar-refractivity contribution in [2.24, 2.45) is 0 Å². The summed E-state index contributed by atoms with van der Waals surface area (Å²) in [5, 5.41) is 12.5. The second-order valence-electron chi connectivity index (χ2n) is 3.99. The lowest BCUT2D eigenvalue weighted by Crippen LogP contribution is -2.27. The molecule has 2 N–H and O–H groups in total. The van der Waals surface area contributed by atoms with E-state index in [-0.39, 0.29) is 6.10 Å². The predicted octanol–water partition coefficient (Wildman–Crippen LogP) is 2.32. The summed E-state index contributed by atoms with van der Waals surface area (Å²) in [6.07, 6.45) is 5.70. The molecule has 0 bridgehead atoms. The Morgan fingerprint density at radius 1 is 1.15 bits per heavy atom. The summed E-state index contributed by atoms with van der Waals surface area (Å²) in [7, 11) is 0. The van der Waals surface area contributed by atoms with Crippen molar-refractivity contribution in [3.8, 4) is 0 Å². The minimum Gasteiger partial charge on any atom is -0.393 e. The van der Waals surface area contributed by atoms with Crippen molar-refractivity contribution < 1.29 is 5.11 Å². The second-order valence-corrected chi connectivity index (χ2v) is 3.99. The maximum absolute atomic E-state index is 9.03. The normalized spacial score (nSPS) is 15.7. The third-order valence-corrected chi connectivity index (χ3v) is 2.28. The lowest BCUT2D eigenvalue weighted by molar-refractivity contribution is 0.181. The van der Waals surface area contributed by atoms with Gasteiger partial charge in [0, 0.05) is 6.04 Å². The molecule has 0 aromatic carbocycles. The van der Waals surface area contributed by atoms with Gasteiger partial charge in [0.05, 0.1) is 6.10 Å². The van der Waals surface area contributed by atoms with Gasteiger partial charge in [0.2, 0.25) is 0 Å². The molecule has 13 heavy (non-hydrogen) atoms. The number of aliphatic hydroxyl groups excluding tert-OH is 1. The Morgan fingerprint density at radius 3 is 2.38 bits per heavy atom. The van der Waals surface area contributed by atoms with Crippen molar-refractivity contribution >= 4 is 0 Å². The molecule has 0 aliphatic carbocycles. The molecule has 0 rings (SSSR count). The van der Waals surface area contributed by atoms with Crippen LogP contribution >= 0.6 is 0 Å². The Kier molecular flexibility index (Phi) is 8.46. The SMILES string of the molecule is CCCCC(C)NCCCC(C)O. The molecule has 0 aliphatic rings. The van der Waals surface area contributed by atoms with Crippen molar-refractivity contribution in [2.75, 3.05) is 6.54 Å². The average Bonchev–Trinajstić information content (AvgIpc) is 2.08. The first-order chi connectivity index (χ1) is 6.16. The van der Waals surface area contributed by atoms with Gasteiger partial charge in [0.15, 0.2) is 0 Å². The molecule has 0 amide bonds. The molecule has 2 nitrogen and oxygen atoms in total. The molecule has 0 radical (unpaired) electrons. The molecule has 2 unspecified atom stereocenters. The van der Waals surface area contributed by atoms with Crippen LogP contribution in [0.3, 0.4) is 0 Å². The molecule has 0 aromatic heterocycles. The van der Waals surface area contributed by atoms with Gasteiger partial charge in [-0.2, -0.15) is 0 Å². The first-order valence-electron chi connectivity index (χ1n) is 5.58. The summed E-state index contributed by atoms with van der Waals surface area (Å²) in [4.78, 5) is 0. The van der Waals surface area contributed by atoms with Gasteiger partial charge in [-0.3, -0.25) is 0 Å². The van der Waals surface area contributed by atoms with Crippen LogP contribution in [0.1, 0.15) is 52.9 Å². The standard InChI is InChI=1S/C11H25NO/c1-4-5-7-10(2)12-9-6-8-11(3)13/h10-13H,4-9H2,1-3H3. The molecule has 0 aliphatic heterocycles. The summed E-state index contributed by atoms with van der Waals surface area (Å²) in [5.74, 6) is 0. The Morgan fingerprint density at radius 2 is 1.85 bits per heavy atom. The molecule has 0 aromatic rings. The summed E-state index contributed by atoms with van der Waals surface area (Å²) in [5.41, 5.74) is 0. The molecular formula is C11H25NO. The molecule has 0 fully saturated rings. The van der Waals surface area contributed by atoms with Crippen LogP contribution in [0.5, 0.6) is 0 Å². The highest BCUT2D eigenvalue weighted by Gasteiger charge is 2.00. The topological polar surface area (TPSA) is 32.3 Å². The van der Waals surface area contributed by atoms with Crippen LogP contribution in [0.15, 0.2) is 0 Å². The van der Waals surface area contributed by atoms with Crippen molar-refractivity contribution in [1.82, 2.24) is 5.32 Å².